The van der Waals surface area contributed by atoms with Crippen molar-refractivity contribution in [2.24, 2.45) is 0 Å². The Balaban J connectivity index is 1.45. The maximum Gasteiger partial charge on any atom is 0.331 e. The van der Waals surface area contributed by atoms with Crippen molar-refractivity contribution in [1.82, 2.24) is 10.2 Å². The zero-order chi connectivity index (χ0) is 26.4. The van der Waals surface area contributed by atoms with Gasteiger partial charge in [0.2, 0.25) is 0 Å². The fraction of sp³-hybridized carbons (Fsp3) is 0.250. The summed E-state index contributed by atoms with van der Waals surface area (Å²) in [7, 11) is 0. The lowest BCUT2D eigenvalue weighted by atomic mass is 10.1. The van der Waals surface area contributed by atoms with Crippen molar-refractivity contribution in [3.05, 3.63) is 82.8 Å². The molecular weight excluding hydrogens is 476 g/mol. The number of furan rings is 1. The molecule has 1 N–H and O–H groups in total. The standard InChI is InChI=1S/C28H28N2O7/c1-4-34-25-16-20(8-10-24(25)37-13-12-36-21-9-7-18(2)19(3)14-21)15-23-26(31)29-28(33)30(27(23)32)17-22-6-5-11-35-22/h5-11,14-16H,4,12-13,17H2,1-3H3,(H,29,31,33). The topological polar surface area (TPSA) is 107 Å². The zero-order valence-corrected chi connectivity index (χ0v) is 20.9. The zero-order valence-electron chi connectivity index (χ0n) is 20.9. The minimum absolute atomic E-state index is 0.0938. The molecule has 37 heavy (non-hydrogen) atoms. The molecule has 2 aromatic carbocycles. The van der Waals surface area contributed by atoms with Gasteiger partial charge in [0.25, 0.3) is 11.8 Å². The first-order chi connectivity index (χ1) is 17.9. The molecule has 3 aromatic rings. The number of rotatable bonds is 10. The van der Waals surface area contributed by atoms with Gasteiger partial charge in [0.1, 0.15) is 30.3 Å². The number of urea groups is 1. The van der Waals surface area contributed by atoms with Gasteiger partial charge in [-0.05, 0) is 79.9 Å². The number of carbonyl (C=O) groups excluding carboxylic acids is 3. The van der Waals surface area contributed by atoms with Crippen molar-refractivity contribution < 1.29 is 33.0 Å². The van der Waals surface area contributed by atoms with Gasteiger partial charge < -0.3 is 18.6 Å². The molecule has 4 rings (SSSR count). The smallest absolute Gasteiger partial charge is 0.331 e. The number of ether oxygens (including phenoxy) is 3. The van der Waals surface area contributed by atoms with Crippen LogP contribution in [-0.2, 0) is 16.1 Å². The van der Waals surface area contributed by atoms with Crippen LogP contribution in [0.5, 0.6) is 17.2 Å². The van der Waals surface area contributed by atoms with Crippen LogP contribution in [0.4, 0.5) is 4.79 Å². The second kappa shape index (κ2) is 11.5. The Morgan fingerprint density at radius 2 is 1.73 bits per heavy atom. The number of nitrogens with one attached hydrogen (secondary N) is 1. The predicted molar refractivity (Wildman–Crippen MR) is 135 cm³/mol. The van der Waals surface area contributed by atoms with Crippen molar-refractivity contribution in [1.29, 1.82) is 0 Å². The molecule has 1 saturated heterocycles. The third kappa shape index (κ3) is 6.19. The number of imide groups is 2. The molecule has 1 aliphatic rings. The van der Waals surface area contributed by atoms with Gasteiger partial charge in [-0.15, -0.1) is 0 Å². The lowest BCUT2D eigenvalue weighted by Gasteiger charge is -2.25. The Hall–Kier alpha value is -4.53. The largest absolute Gasteiger partial charge is 0.490 e. The van der Waals surface area contributed by atoms with Gasteiger partial charge in [-0.1, -0.05) is 12.1 Å². The van der Waals surface area contributed by atoms with E-state index in [1.807, 2.05) is 39.0 Å². The Morgan fingerprint density at radius 3 is 2.46 bits per heavy atom. The average Bonchev–Trinajstić information content (AvgIpc) is 3.39. The summed E-state index contributed by atoms with van der Waals surface area (Å²) in [6, 6.07) is 13.5. The molecular formula is C28H28N2O7. The highest BCUT2D eigenvalue weighted by molar-refractivity contribution is 6.30. The molecule has 0 atom stereocenters. The SMILES string of the molecule is CCOc1cc(C=C2C(=O)NC(=O)N(Cc3ccco3)C2=O)ccc1OCCOc1ccc(C)c(C)c1. The van der Waals surface area contributed by atoms with Gasteiger partial charge in [0, 0.05) is 0 Å². The van der Waals surface area contributed by atoms with E-state index in [4.69, 9.17) is 18.6 Å². The van der Waals surface area contributed by atoms with Crippen LogP contribution in [0, 0.1) is 13.8 Å². The van der Waals surface area contributed by atoms with Crippen LogP contribution < -0.4 is 19.5 Å². The van der Waals surface area contributed by atoms with E-state index < -0.39 is 17.8 Å². The van der Waals surface area contributed by atoms with Crippen LogP contribution in [0.1, 0.15) is 29.4 Å². The second-order valence-electron chi connectivity index (χ2n) is 8.37. The molecule has 0 spiro atoms. The molecule has 0 aliphatic carbocycles. The predicted octanol–water partition coefficient (Wildman–Crippen LogP) is 4.41. The van der Waals surface area contributed by atoms with Gasteiger partial charge in [0.15, 0.2) is 11.5 Å². The fourth-order valence-electron chi connectivity index (χ4n) is 3.68. The van der Waals surface area contributed by atoms with Gasteiger partial charge in [-0.25, -0.2) is 4.79 Å². The summed E-state index contributed by atoms with van der Waals surface area (Å²) in [5, 5.41) is 2.20. The van der Waals surface area contributed by atoms with Crippen molar-refractivity contribution in [2.75, 3.05) is 19.8 Å². The summed E-state index contributed by atoms with van der Waals surface area (Å²) < 4.78 is 22.6. The molecule has 2 heterocycles. The summed E-state index contributed by atoms with van der Waals surface area (Å²) in [5.41, 5.74) is 2.71. The van der Waals surface area contributed by atoms with Gasteiger partial charge >= 0.3 is 6.03 Å². The molecule has 1 aliphatic heterocycles. The molecule has 9 nitrogen and oxygen atoms in total. The lowest BCUT2D eigenvalue weighted by Crippen LogP contribution is -2.53. The summed E-state index contributed by atoms with van der Waals surface area (Å²) in [6.07, 6.45) is 2.85. The Kier molecular flexibility index (Phi) is 7.92. The summed E-state index contributed by atoms with van der Waals surface area (Å²) >= 11 is 0. The maximum absolute atomic E-state index is 12.9. The highest BCUT2D eigenvalue weighted by Crippen LogP contribution is 2.30. The van der Waals surface area contributed by atoms with E-state index >= 15 is 0 Å². The molecule has 0 radical (unpaired) electrons. The van der Waals surface area contributed by atoms with E-state index in [-0.39, 0.29) is 18.7 Å². The lowest BCUT2D eigenvalue weighted by molar-refractivity contribution is -0.130. The van der Waals surface area contributed by atoms with E-state index in [0.717, 1.165) is 16.2 Å². The van der Waals surface area contributed by atoms with Crippen LogP contribution in [0.15, 0.2) is 64.8 Å². The first kappa shape index (κ1) is 25.6. The van der Waals surface area contributed by atoms with E-state index in [1.54, 1.807) is 30.3 Å². The number of amides is 4. The van der Waals surface area contributed by atoms with Crippen LogP contribution in [-0.4, -0.2) is 42.6 Å². The van der Waals surface area contributed by atoms with E-state index in [2.05, 4.69) is 5.32 Å². The summed E-state index contributed by atoms with van der Waals surface area (Å²) in [4.78, 5) is 38.5. The molecule has 9 heteroatoms. The molecule has 4 amide bonds. The molecule has 1 aromatic heterocycles. The number of benzene rings is 2. The maximum atomic E-state index is 12.9. The normalized spacial score (nSPS) is 14.6. The van der Waals surface area contributed by atoms with Gasteiger partial charge in [-0.2, -0.15) is 0 Å². The van der Waals surface area contributed by atoms with Crippen molar-refractivity contribution >= 4 is 23.9 Å². The van der Waals surface area contributed by atoms with Crippen LogP contribution in [0.25, 0.3) is 6.08 Å². The summed E-state index contributed by atoms with van der Waals surface area (Å²) in [6.45, 7) is 6.84. The summed E-state index contributed by atoms with van der Waals surface area (Å²) in [5.74, 6) is 0.656. The van der Waals surface area contributed by atoms with Crippen molar-refractivity contribution in [3.63, 3.8) is 0 Å². The van der Waals surface area contributed by atoms with E-state index in [9.17, 15) is 14.4 Å². The fourth-order valence-corrected chi connectivity index (χ4v) is 3.68. The van der Waals surface area contributed by atoms with Gasteiger partial charge in [-0.3, -0.25) is 19.8 Å². The number of carbonyl (C=O) groups is 3. The number of nitrogens with zero attached hydrogens (tertiary/aromatic N) is 1. The molecule has 0 saturated carbocycles. The average molecular weight is 505 g/mol. The minimum Gasteiger partial charge on any atom is -0.490 e. The first-order valence-electron chi connectivity index (χ1n) is 11.9. The van der Waals surface area contributed by atoms with E-state index in [0.29, 0.717) is 36.0 Å². The molecule has 0 unspecified atom stereocenters. The van der Waals surface area contributed by atoms with Crippen LogP contribution in [0.3, 0.4) is 0 Å². The van der Waals surface area contributed by atoms with Crippen LogP contribution in [0.2, 0.25) is 0 Å². The third-order valence-corrected chi connectivity index (χ3v) is 5.75. The Bertz CT molecular complexity index is 1330. The van der Waals surface area contributed by atoms with Crippen LogP contribution >= 0.6 is 0 Å². The van der Waals surface area contributed by atoms with Gasteiger partial charge in [0.05, 0.1) is 19.4 Å². The molecule has 1 fully saturated rings. The van der Waals surface area contributed by atoms with Crippen molar-refractivity contribution in [3.8, 4) is 17.2 Å². The molecule has 192 valence electrons. The number of barbiturate groups is 1. The first-order valence-corrected chi connectivity index (χ1v) is 11.9. The number of hydrogen-bond donors (Lipinski definition) is 1. The highest BCUT2D eigenvalue weighted by atomic mass is 16.5. The quantitative estimate of drug-likeness (QED) is 0.247. The minimum atomic E-state index is -0.801. The highest BCUT2D eigenvalue weighted by Gasteiger charge is 2.36. The Labute approximate surface area is 214 Å². The number of aryl methyl sites for hydroxylation is 2. The Morgan fingerprint density at radius 1 is 0.919 bits per heavy atom. The second-order valence-corrected chi connectivity index (χ2v) is 8.37. The molecule has 0 bridgehead atoms. The monoisotopic (exact) mass is 504 g/mol. The van der Waals surface area contributed by atoms with E-state index in [1.165, 1.54) is 17.9 Å². The third-order valence-electron chi connectivity index (χ3n) is 5.75. The van der Waals surface area contributed by atoms with Crippen molar-refractivity contribution in [2.45, 2.75) is 27.3 Å². The number of hydrogen-bond acceptors (Lipinski definition) is 7.